The summed E-state index contributed by atoms with van der Waals surface area (Å²) in [6.45, 7) is 0. The number of aliphatic hydroxyl groups excluding tert-OH is 1. The van der Waals surface area contributed by atoms with Crippen molar-refractivity contribution in [3.05, 3.63) is 52.0 Å². The summed E-state index contributed by atoms with van der Waals surface area (Å²) in [6.07, 6.45) is 2.04. The zero-order valence-electron chi connectivity index (χ0n) is 9.98. The van der Waals surface area contributed by atoms with E-state index in [9.17, 15) is 9.50 Å². The largest absolute Gasteiger partial charge is 0.388 e. The number of nitrogens with zero attached hydrogens (tertiary/aromatic N) is 2. The molecule has 18 heavy (non-hydrogen) atoms. The minimum Gasteiger partial charge on any atom is -0.388 e. The van der Waals surface area contributed by atoms with Crippen LogP contribution in [0.5, 0.6) is 0 Å². The van der Waals surface area contributed by atoms with Crippen molar-refractivity contribution in [1.29, 1.82) is 0 Å². The maximum atomic E-state index is 13.6. The number of hydrogen-bond donors (Lipinski definition) is 1. The van der Waals surface area contributed by atoms with Gasteiger partial charge in [0.15, 0.2) is 0 Å². The Labute approximate surface area is 113 Å². The molecule has 2 rings (SSSR count). The van der Waals surface area contributed by atoms with E-state index in [1.54, 1.807) is 23.0 Å². The topological polar surface area (TPSA) is 38.0 Å². The number of aromatic nitrogens is 2. The van der Waals surface area contributed by atoms with Gasteiger partial charge in [0.1, 0.15) is 5.82 Å². The van der Waals surface area contributed by atoms with Crippen LogP contribution in [-0.2, 0) is 13.5 Å². The molecule has 0 aliphatic carbocycles. The lowest BCUT2D eigenvalue weighted by Crippen LogP contribution is -2.05. The van der Waals surface area contributed by atoms with E-state index >= 15 is 0 Å². The van der Waals surface area contributed by atoms with Crippen molar-refractivity contribution in [1.82, 2.24) is 9.78 Å². The van der Waals surface area contributed by atoms with Crippen molar-refractivity contribution < 1.29 is 9.50 Å². The molecule has 1 aromatic carbocycles. The highest BCUT2D eigenvalue weighted by Gasteiger charge is 2.13. The Morgan fingerprint density at radius 2 is 2.22 bits per heavy atom. The molecule has 1 unspecified atom stereocenters. The normalized spacial score (nSPS) is 12.7. The summed E-state index contributed by atoms with van der Waals surface area (Å²) in [4.78, 5) is 0. The zero-order valence-corrected chi connectivity index (χ0v) is 11.6. The van der Waals surface area contributed by atoms with Crippen LogP contribution >= 0.6 is 15.9 Å². The summed E-state index contributed by atoms with van der Waals surface area (Å²) in [5, 5.41) is 14.0. The van der Waals surface area contributed by atoms with Crippen LogP contribution in [0.15, 0.2) is 34.9 Å². The molecule has 5 heteroatoms. The molecule has 0 aliphatic rings. The molecule has 0 saturated carbocycles. The number of halogens is 2. The number of hydrogen-bond acceptors (Lipinski definition) is 2. The maximum Gasteiger partial charge on any atom is 0.130 e. The number of benzene rings is 1. The fourth-order valence-corrected chi connectivity index (χ4v) is 2.19. The van der Waals surface area contributed by atoms with Crippen molar-refractivity contribution in [3.8, 4) is 0 Å². The molecule has 0 amide bonds. The summed E-state index contributed by atoms with van der Waals surface area (Å²) in [5.41, 5.74) is 1.35. The summed E-state index contributed by atoms with van der Waals surface area (Å²) >= 11 is 3.19. The van der Waals surface area contributed by atoms with Crippen LogP contribution in [0.25, 0.3) is 0 Å². The molecule has 0 fully saturated rings. The van der Waals surface area contributed by atoms with Crippen LogP contribution in [0.1, 0.15) is 23.8 Å². The van der Waals surface area contributed by atoms with E-state index in [1.807, 2.05) is 13.1 Å². The standard InChI is InChI=1S/C13H14BrFN2O/c1-17-10(6-7-16-17)3-5-13(18)11-4-2-9(14)8-12(11)15/h2,4,6-8,13,18H,3,5H2,1H3. The predicted molar refractivity (Wildman–Crippen MR) is 70.6 cm³/mol. The summed E-state index contributed by atoms with van der Waals surface area (Å²) in [5.74, 6) is -0.387. The van der Waals surface area contributed by atoms with Gasteiger partial charge >= 0.3 is 0 Å². The highest BCUT2D eigenvalue weighted by Crippen LogP contribution is 2.24. The third kappa shape index (κ3) is 2.97. The minimum absolute atomic E-state index is 0.334. The molecule has 96 valence electrons. The van der Waals surface area contributed by atoms with Gasteiger partial charge in [-0.3, -0.25) is 4.68 Å². The van der Waals surface area contributed by atoms with Crippen LogP contribution in [-0.4, -0.2) is 14.9 Å². The fraction of sp³-hybridized carbons (Fsp3) is 0.308. The monoisotopic (exact) mass is 312 g/mol. The summed E-state index contributed by atoms with van der Waals surface area (Å²) in [6, 6.07) is 6.59. The average Bonchev–Trinajstić information content (AvgIpc) is 2.72. The van der Waals surface area contributed by atoms with Gasteiger partial charge in [0.2, 0.25) is 0 Å². The minimum atomic E-state index is -0.798. The first-order chi connectivity index (χ1) is 8.58. The molecule has 0 aliphatic heterocycles. The molecule has 0 bridgehead atoms. The lowest BCUT2D eigenvalue weighted by atomic mass is 10.0. The van der Waals surface area contributed by atoms with E-state index in [1.165, 1.54) is 6.07 Å². The first kappa shape index (κ1) is 13.2. The second-order valence-corrected chi connectivity index (χ2v) is 5.08. The molecule has 1 atom stereocenters. The van der Waals surface area contributed by atoms with Crippen LogP contribution in [0.4, 0.5) is 4.39 Å². The van der Waals surface area contributed by atoms with E-state index in [0.29, 0.717) is 22.9 Å². The lowest BCUT2D eigenvalue weighted by Gasteiger charge is -2.12. The van der Waals surface area contributed by atoms with Crippen LogP contribution in [0.2, 0.25) is 0 Å². The SMILES string of the molecule is Cn1nccc1CCC(O)c1ccc(Br)cc1F. The van der Waals surface area contributed by atoms with Gasteiger partial charge in [-0.15, -0.1) is 0 Å². The van der Waals surface area contributed by atoms with Gasteiger partial charge in [-0.1, -0.05) is 22.0 Å². The van der Waals surface area contributed by atoms with Crippen molar-refractivity contribution in [2.45, 2.75) is 18.9 Å². The van der Waals surface area contributed by atoms with Crippen LogP contribution in [0, 0.1) is 5.82 Å². The predicted octanol–water partition coefficient (Wildman–Crippen LogP) is 2.99. The Balaban J connectivity index is 2.03. The third-order valence-corrected chi connectivity index (χ3v) is 3.41. The Bertz CT molecular complexity index is 542. The van der Waals surface area contributed by atoms with E-state index in [2.05, 4.69) is 21.0 Å². The molecule has 0 spiro atoms. The second kappa shape index (κ2) is 5.63. The smallest absolute Gasteiger partial charge is 0.130 e. The first-order valence-electron chi connectivity index (χ1n) is 5.68. The van der Waals surface area contributed by atoms with E-state index in [-0.39, 0.29) is 5.82 Å². The number of rotatable bonds is 4. The highest BCUT2D eigenvalue weighted by molar-refractivity contribution is 9.10. The van der Waals surface area contributed by atoms with Crippen LogP contribution < -0.4 is 0 Å². The second-order valence-electron chi connectivity index (χ2n) is 4.17. The number of aryl methyl sites for hydroxylation is 2. The summed E-state index contributed by atoms with van der Waals surface area (Å²) < 4.78 is 16.1. The molecule has 2 aromatic rings. The van der Waals surface area contributed by atoms with Crippen molar-refractivity contribution >= 4 is 15.9 Å². The Morgan fingerprint density at radius 1 is 1.44 bits per heavy atom. The van der Waals surface area contributed by atoms with Crippen LogP contribution in [0.3, 0.4) is 0 Å². The van der Waals surface area contributed by atoms with Gasteiger partial charge in [-0.25, -0.2) is 4.39 Å². The average molecular weight is 313 g/mol. The Morgan fingerprint density at radius 3 is 2.83 bits per heavy atom. The van der Waals surface area contributed by atoms with Gasteiger partial charge in [-0.05, 0) is 31.0 Å². The number of aliphatic hydroxyl groups is 1. The zero-order chi connectivity index (χ0) is 13.1. The van der Waals surface area contributed by atoms with Gasteiger partial charge in [-0.2, -0.15) is 5.10 Å². The molecule has 0 radical (unpaired) electrons. The molecular formula is C13H14BrFN2O. The van der Waals surface area contributed by atoms with Gasteiger partial charge in [0, 0.05) is 29.0 Å². The molecular weight excluding hydrogens is 299 g/mol. The third-order valence-electron chi connectivity index (χ3n) is 2.92. The molecule has 1 N–H and O–H groups in total. The summed E-state index contributed by atoms with van der Waals surface area (Å²) in [7, 11) is 1.85. The Kier molecular flexibility index (Phi) is 4.14. The Hall–Kier alpha value is -1.20. The molecule has 1 aromatic heterocycles. The molecule has 1 heterocycles. The lowest BCUT2D eigenvalue weighted by molar-refractivity contribution is 0.162. The first-order valence-corrected chi connectivity index (χ1v) is 6.47. The van der Waals surface area contributed by atoms with Gasteiger partial charge < -0.3 is 5.11 Å². The van der Waals surface area contributed by atoms with Crippen molar-refractivity contribution in [2.24, 2.45) is 7.05 Å². The fourth-order valence-electron chi connectivity index (χ4n) is 1.86. The van der Waals surface area contributed by atoms with E-state index < -0.39 is 6.10 Å². The van der Waals surface area contributed by atoms with E-state index in [0.717, 1.165) is 5.69 Å². The van der Waals surface area contributed by atoms with Crippen molar-refractivity contribution in [2.75, 3.05) is 0 Å². The molecule has 0 saturated heterocycles. The maximum absolute atomic E-state index is 13.6. The quantitative estimate of drug-likeness (QED) is 0.942. The van der Waals surface area contributed by atoms with Gasteiger partial charge in [0.25, 0.3) is 0 Å². The highest BCUT2D eigenvalue weighted by atomic mass is 79.9. The molecule has 3 nitrogen and oxygen atoms in total. The van der Waals surface area contributed by atoms with Gasteiger partial charge in [0.05, 0.1) is 6.10 Å². The van der Waals surface area contributed by atoms with Crippen molar-refractivity contribution in [3.63, 3.8) is 0 Å². The van der Waals surface area contributed by atoms with E-state index in [4.69, 9.17) is 0 Å².